The molecule has 0 atom stereocenters. The third kappa shape index (κ3) is 2.84. The average molecular weight is 389 g/mol. The Morgan fingerprint density at radius 3 is 2.79 bits per heavy atom. The molecule has 3 nitrogen and oxygen atoms in total. The zero-order valence-electron chi connectivity index (χ0n) is 12.8. The van der Waals surface area contributed by atoms with E-state index in [1.165, 1.54) is 23.3 Å². The quantitative estimate of drug-likeness (QED) is 0.469. The lowest BCUT2D eigenvalue weighted by Gasteiger charge is -2.05. The van der Waals surface area contributed by atoms with Crippen LogP contribution in [0, 0.1) is 5.82 Å². The Hall–Kier alpha value is -2.14. The van der Waals surface area contributed by atoms with Crippen LogP contribution in [0.2, 0.25) is 0 Å². The topological polar surface area (TPSA) is 39.4 Å². The predicted octanol–water partition coefficient (Wildman–Crippen LogP) is 4.97. The molecule has 0 saturated carbocycles. The van der Waals surface area contributed by atoms with Gasteiger partial charge in [0.2, 0.25) is 0 Å². The summed E-state index contributed by atoms with van der Waals surface area (Å²) < 4.78 is 25.1. The molecule has 24 heavy (non-hydrogen) atoms. The number of esters is 1. The van der Waals surface area contributed by atoms with Gasteiger partial charge >= 0.3 is 5.97 Å². The first-order valence-electron chi connectivity index (χ1n) is 7.78. The average Bonchev–Trinajstić information content (AvgIpc) is 3.15. The zero-order valence-corrected chi connectivity index (χ0v) is 14.4. The Morgan fingerprint density at radius 2 is 2.00 bits per heavy atom. The van der Waals surface area contributed by atoms with Crippen molar-refractivity contribution in [3.8, 4) is 5.75 Å². The molecule has 0 bridgehead atoms. The predicted molar refractivity (Wildman–Crippen MR) is 91.7 cm³/mol. The fourth-order valence-electron chi connectivity index (χ4n) is 3.16. The Morgan fingerprint density at radius 1 is 1.21 bits per heavy atom. The summed E-state index contributed by atoms with van der Waals surface area (Å²) >= 11 is 3.17. The van der Waals surface area contributed by atoms with Crippen LogP contribution in [-0.4, -0.2) is 5.97 Å². The fraction of sp³-hybridized carbons (Fsp3) is 0.211. The molecule has 0 radical (unpaired) electrons. The SMILES string of the molecule is O=C(Cc1coc2cc3c(cc12)CCC3)Oc1ccc(Br)cc1F. The number of halogens is 2. The first-order chi connectivity index (χ1) is 11.6. The maximum atomic E-state index is 13.8. The van der Waals surface area contributed by atoms with Crippen LogP contribution in [0.25, 0.3) is 11.0 Å². The molecule has 0 amide bonds. The molecule has 0 aliphatic heterocycles. The summed E-state index contributed by atoms with van der Waals surface area (Å²) in [4.78, 5) is 12.2. The van der Waals surface area contributed by atoms with Crippen molar-refractivity contribution in [2.75, 3.05) is 0 Å². The van der Waals surface area contributed by atoms with Crippen LogP contribution in [0.3, 0.4) is 0 Å². The van der Waals surface area contributed by atoms with E-state index in [2.05, 4.69) is 28.1 Å². The highest BCUT2D eigenvalue weighted by atomic mass is 79.9. The number of carbonyl (C=O) groups is 1. The smallest absolute Gasteiger partial charge is 0.315 e. The number of ether oxygens (including phenoxy) is 1. The molecular formula is C19H14BrFO3. The standard InChI is InChI=1S/C19H14BrFO3/c20-14-4-5-17(16(21)9-14)24-19(22)8-13-10-23-18-7-12-3-1-2-11(12)6-15(13)18/h4-7,9-10H,1-3,8H2. The van der Waals surface area contributed by atoms with Crippen molar-refractivity contribution in [2.24, 2.45) is 0 Å². The van der Waals surface area contributed by atoms with Gasteiger partial charge < -0.3 is 9.15 Å². The minimum Gasteiger partial charge on any atom is -0.464 e. The van der Waals surface area contributed by atoms with Crippen molar-refractivity contribution in [1.82, 2.24) is 0 Å². The van der Waals surface area contributed by atoms with Crippen molar-refractivity contribution in [2.45, 2.75) is 25.7 Å². The first kappa shape index (κ1) is 15.4. The monoisotopic (exact) mass is 388 g/mol. The highest BCUT2D eigenvalue weighted by molar-refractivity contribution is 9.10. The maximum Gasteiger partial charge on any atom is 0.315 e. The normalized spacial score (nSPS) is 13.2. The van der Waals surface area contributed by atoms with E-state index in [0.717, 1.165) is 35.8 Å². The summed E-state index contributed by atoms with van der Waals surface area (Å²) in [7, 11) is 0. The molecule has 3 aromatic rings. The van der Waals surface area contributed by atoms with Gasteiger partial charge in [-0.2, -0.15) is 0 Å². The van der Waals surface area contributed by atoms with Crippen molar-refractivity contribution in [3.63, 3.8) is 0 Å². The van der Waals surface area contributed by atoms with E-state index in [1.54, 1.807) is 12.3 Å². The van der Waals surface area contributed by atoms with E-state index >= 15 is 0 Å². The molecule has 1 aromatic heterocycles. The van der Waals surface area contributed by atoms with Crippen LogP contribution in [0.1, 0.15) is 23.1 Å². The maximum absolute atomic E-state index is 13.8. The summed E-state index contributed by atoms with van der Waals surface area (Å²) in [5.41, 5.74) is 4.19. The summed E-state index contributed by atoms with van der Waals surface area (Å²) in [5.74, 6) is -1.16. The van der Waals surface area contributed by atoms with E-state index in [-0.39, 0.29) is 12.2 Å². The minimum absolute atomic E-state index is 0.0429. The number of aryl methyl sites for hydroxylation is 2. The lowest BCUT2D eigenvalue weighted by Crippen LogP contribution is -2.11. The lowest BCUT2D eigenvalue weighted by molar-refractivity contribution is -0.133. The van der Waals surface area contributed by atoms with Gasteiger partial charge in [0, 0.05) is 15.4 Å². The zero-order chi connectivity index (χ0) is 16.7. The summed E-state index contributed by atoms with van der Waals surface area (Å²) in [6.07, 6.45) is 4.92. The number of fused-ring (bicyclic) bond motifs is 2. The summed E-state index contributed by atoms with van der Waals surface area (Å²) in [6.45, 7) is 0. The third-order valence-electron chi connectivity index (χ3n) is 4.32. The van der Waals surface area contributed by atoms with Crippen LogP contribution < -0.4 is 4.74 Å². The van der Waals surface area contributed by atoms with E-state index in [1.807, 2.05) is 0 Å². The molecule has 0 spiro atoms. The molecule has 0 unspecified atom stereocenters. The molecule has 1 aliphatic carbocycles. The van der Waals surface area contributed by atoms with Crippen molar-refractivity contribution in [1.29, 1.82) is 0 Å². The molecule has 4 rings (SSSR count). The largest absolute Gasteiger partial charge is 0.464 e. The lowest BCUT2D eigenvalue weighted by atomic mass is 10.0. The molecule has 0 saturated heterocycles. The van der Waals surface area contributed by atoms with Gasteiger partial charge in [0.15, 0.2) is 11.6 Å². The molecule has 1 heterocycles. The van der Waals surface area contributed by atoms with Gasteiger partial charge in [-0.1, -0.05) is 15.9 Å². The van der Waals surface area contributed by atoms with Gasteiger partial charge in [0.25, 0.3) is 0 Å². The second kappa shape index (κ2) is 6.06. The first-order valence-corrected chi connectivity index (χ1v) is 8.57. The van der Waals surface area contributed by atoms with Gasteiger partial charge in [-0.05, 0) is 60.7 Å². The molecule has 122 valence electrons. The number of furan rings is 1. The Bertz CT molecular complexity index is 945. The van der Waals surface area contributed by atoms with Crippen molar-refractivity contribution >= 4 is 32.9 Å². The third-order valence-corrected chi connectivity index (χ3v) is 4.81. The Labute approximate surface area is 146 Å². The Kier molecular flexibility index (Phi) is 3.88. The van der Waals surface area contributed by atoms with E-state index in [0.29, 0.717) is 4.47 Å². The molecule has 2 aromatic carbocycles. The van der Waals surface area contributed by atoms with Crippen LogP contribution >= 0.6 is 15.9 Å². The highest BCUT2D eigenvalue weighted by Crippen LogP contribution is 2.31. The molecule has 5 heteroatoms. The van der Waals surface area contributed by atoms with Crippen molar-refractivity contribution in [3.05, 3.63) is 63.6 Å². The highest BCUT2D eigenvalue weighted by Gasteiger charge is 2.18. The molecule has 0 fully saturated rings. The van der Waals surface area contributed by atoms with Crippen LogP contribution in [-0.2, 0) is 24.1 Å². The minimum atomic E-state index is -0.576. The molecular weight excluding hydrogens is 375 g/mol. The van der Waals surface area contributed by atoms with E-state index in [4.69, 9.17) is 9.15 Å². The number of rotatable bonds is 3. The van der Waals surface area contributed by atoms with Crippen LogP contribution in [0.4, 0.5) is 4.39 Å². The number of hydrogen-bond donors (Lipinski definition) is 0. The van der Waals surface area contributed by atoms with E-state index < -0.39 is 11.8 Å². The van der Waals surface area contributed by atoms with Crippen LogP contribution in [0.15, 0.2) is 45.5 Å². The molecule has 0 N–H and O–H groups in total. The number of hydrogen-bond acceptors (Lipinski definition) is 3. The number of carbonyl (C=O) groups excluding carboxylic acids is 1. The summed E-state index contributed by atoms with van der Waals surface area (Å²) in [5, 5.41) is 0.934. The van der Waals surface area contributed by atoms with Gasteiger partial charge in [-0.3, -0.25) is 4.79 Å². The fourth-order valence-corrected chi connectivity index (χ4v) is 3.49. The van der Waals surface area contributed by atoms with Crippen molar-refractivity contribution < 1.29 is 18.3 Å². The number of benzene rings is 2. The van der Waals surface area contributed by atoms with Gasteiger partial charge in [-0.15, -0.1) is 0 Å². The van der Waals surface area contributed by atoms with Gasteiger partial charge in [0.1, 0.15) is 5.58 Å². The second-order valence-electron chi connectivity index (χ2n) is 5.96. The molecule has 1 aliphatic rings. The van der Waals surface area contributed by atoms with Gasteiger partial charge in [-0.25, -0.2) is 4.39 Å². The second-order valence-corrected chi connectivity index (χ2v) is 6.87. The van der Waals surface area contributed by atoms with E-state index in [9.17, 15) is 9.18 Å². The van der Waals surface area contributed by atoms with Crippen LogP contribution in [0.5, 0.6) is 5.75 Å². The Balaban J connectivity index is 1.56. The van der Waals surface area contributed by atoms with Gasteiger partial charge in [0.05, 0.1) is 12.7 Å². The summed E-state index contributed by atoms with van der Waals surface area (Å²) in [6, 6.07) is 8.48.